The summed E-state index contributed by atoms with van der Waals surface area (Å²) in [6, 6.07) is 12.0. The summed E-state index contributed by atoms with van der Waals surface area (Å²) in [4.78, 5) is 8.62. The highest BCUT2D eigenvalue weighted by molar-refractivity contribution is 5.79. The molecule has 0 aliphatic rings. The Labute approximate surface area is 162 Å². The van der Waals surface area contributed by atoms with Crippen LogP contribution in [0.2, 0.25) is 0 Å². The second-order valence-electron chi connectivity index (χ2n) is 6.08. The van der Waals surface area contributed by atoms with Crippen molar-refractivity contribution >= 4 is 5.96 Å². The minimum Gasteiger partial charge on any atom is -0.496 e. The number of aliphatic imine (C=N–C) groups is 1. The molecule has 146 valence electrons. The number of nitrogens with zero attached hydrogens (tertiary/aromatic N) is 2. The van der Waals surface area contributed by atoms with Crippen LogP contribution >= 0.6 is 0 Å². The van der Waals surface area contributed by atoms with Crippen molar-refractivity contribution in [1.82, 2.24) is 15.6 Å². The molecule has 2 rings (SSSR count). The topological polar surface area (TPSA) is 67.8 Å². The molecule has 0 unspecified atom stereocenters. The molecule has 27 heavy (non-hydrogen) atoms. The molecule has 0 fully saturated rings. The summed E-state index contributed by atoms with van der Waals surface area (Å²) in [6.45, 7) is 4.19. The van der Waals surface area contributed by atoms with Crippen LogP contribution in [0.5, 0.6) is 11.6 Å². The van der Waals surface area contributed by atoms with Gasteiger partial charge in [-0.15, -0.1) is 0 Å². The number of ether oxygens (including phenoxy) is 2. The molecule has 6 nitrogen and oxygen atoms in total. The number of hydrogen-bond acceptors (Lipinski definition) is 4. The van der Waals surface area contributed by atoms with E-state index in [1.165, 1.54) is 5.56 Å². The molecule has 0 bridgehead atoms. The summed E-state index contributed by atoms with van der Waals surface area (Å²) in [6.07, 6.45) is 4.73. The maximum Gasteiger partial charge on any atom is 0.218 e. The van der Waals surface area contributed by atoms with Crippen LogP contribution in [0.3, 0.4) is 0 Å². The van der Waals surface area contributed by atoms with E-state index in [1.807, 2.05) is 30.3 Å². The van der Waals surface area contributed by atoms with E-state index in [9.17, 15) is 0 Å². The van der Waals surface area contributed by atoms with Gasteiger partial charge in [-0.05, 0) is 30.5 Å². The molecular weight excluding hydrogens is 340 g/mol. The second kappa shape index (κ2) is 11.8. The highest BCUT2D eigenvalue weighted by Gasteiger charge is 2.06. The Morgan fingerprint density at radius 3 is 2.70 bits per heavy atom. The molecule has 1 aromatic heterocycles. The maximum atomic E-state index is 5.78. The Bertz CT molecular complexity index is 719. The summed E-state index contributed by atoms with van der Waals surface area (Å²) < 4.78 is 11.2. The van der Waals surface area contributed by atoms with Crippen molar-refractivity contribution in [3.63, 3.8) is 0 Å². The van der Waals surface area contributed by atoms with Crippen molar-refractivity contribution < 1.29 is 9.47 Å². The van der Waals surface area contributed by atoms with E-state index >= 15 is 0 Å². The predicted molar refractivity (Wildman–Crippen MR) is 110 cm³/mol. The maximum absolute atomic E-state index is 5.78. The van der Waals surface area contributed by atoms with Gasteiger partial charge in [-0.2, -0.15) is 0 Å². The van der Waals surface area contributed by atoms with E-state index in [2.05, 4.69) is 33.6 Å². The van der Waals surface area contributed by atoms with Crippen LogP contribution < -0.4 is 20.1 Å². The molecule has 0 spiro atoms. The standard InChI is InChI=1S/C21H30N4O2/c1-4-5-15-27-20-18(10-8-13-23-20)16-25-21(22-2)24-14-12-17-9-6-7-11-19(17)26-3/h6-11,13H,4-5,12,14-16H2,1-3H3,(H2,22,24,25). The first-order valence-corrected chi connectivity index (χ1v) is 9.41. The fraction of sp³-hybridized carbons (Fsp3) is 0.429. The largest absolute Gasteiger partial charge is 0.496 e. The number of benzene rings is 1. The molecule has 0 amide bonds. The Morgan fingerprint density at radius 1 is 1.11 bits per heavy atom. The van der Waals surface area contributed by atoms with Gasteiger partial charge in [-0.1, -0.05) is 37.6 Å². The molecule has 6 heteroatoms. The number of pyridine rings is 1. The third-order valence-electron chi connectivity index (χ3n) is 4.14. The number of methoxy groups -OCH3 is 1. The van der Waals surface area contributed by atoms with Gasteiger partial charge < -0.3 is 20.1 Å². The van der Waals surface area contributed by atoms with Crippen molar-refractivity contribution in [2.45, 2.75) is 32.7 Å². The highest BCUT2D eigenvalue weighted by Crippen LogP contribution is 2.17. The number of unbranched alkanes of at least 4 members (excludes halogenated alkanes) is 1. The van der Waals surface area contributed by atoms with Crippen LogP contribution in [0.1, 0.15) is 30.9 Å². The van der Waals surface area contributed by atoms with Crippen LogP contribution in [0.4, 0.5) is 0 Å². The zero-order valence-electron chi connectivity index (χ0n) is 16.5. The van der Waals surface area contributed by atoms with Crippen molar-refractivity contribution in [1.29, 1.82) is 0 Å². The normalized spacial score (nSPS) is 11.1. The molecule has 0 radical (unpaired) electrons. The first-order valence-electron chi connectivity index (χ1n) is 9.41. The minimum absolute atomic E-state index is 0.601. The van der Waals surface area contributed by atoms with E-state index in [1.54, 1.807) is 20.4 Å². The van der Waals surface area contributed by atoms with Crippen LogP contribution in [0.15, 0.2) is 47.6 Å². The van der Waals surface area contributed by atoms with E-state index in [0.717, 1.165) is 43.1 Å². The zero-order chi connectivity index (χ0) is 19.3. The van der Waals surface area contributed by atoms with E-state index in [0.29, 0.717) is 19.0 Å². The van der Waals surface area contributed by atoms with E-state index in [-0.39, 0.29) is 0 Å². The number of aromatic nitrogens is 1. The van der Waals surface area contributed by atoms with Gasteiger partial charge in [-0.3, -0.25) is 4.99 Å². The lowest BCUT2D eigenvalue weighted by atomic mass is 10.1. The Balaban J connectivity index is 1.84. The summed E-state index contributed by atoms with van der Waals surface area (Å²) >= 11 is 0. The number of hydrogen-bond donors (Lipinski definition) is 2. The highest BCUT2D eigenvalue weighted by atomic mass is 16.5. The lowest BCUT2D eigenvalue weighted by Gasteiger charge is -2.14. The van der Waals surface area contributed by atoms with E-state index in [4.69, 9.17) is 9.47 Å². The smallest absolute Gasteiger partial charge is 0.218 e. The summed E-state index contributed by atoms with van der Waals surface area (Å²) in [7, 11) is 3.46. The first kappa shape index (κ1) is 20.6. The van der Waals surface area contributed by atoms with Crippen molar-refractivity contribution in [3.05, 3.63) is 53.7 Å². The second-order valence-corrected chi connectivity index (χ2v) is 6.08. The number of nitrogens with one attached hydrogen (secondary N) is 2. The number of guanidine groups is 1. The third-order valence-corrected chi connectivity index (χ3v) is 4.14. The Morgan fingerprint density at radius 2 is 1.93 bits per heavy atom. The molecule has 1 aromatic carbocycles. The third kappa shape index (κ3) is 6.81. The summed E-state index contributed by atoms with van der Waals surface area (Å²) in [5.74, 6) is 2.34. The van der Waals surface area contributed by atoms with Gasteiger partial charge >= 0.3 is 0 Å². The number of rotatable bonds is 10. The molecule has 0 saturated heterocycles. The van der Waals surface area contributed by atoms with Gasteiger partial charge in [0.15, 0.2) is 5.96 Å². The zero-order valence-corrected chi connectivity index (χ0v) is 16.5. The molecule has 0 saturated carbocycles. The quantitative estimate of drug-likeness (QED) is 0.382. The minimum atomic E-state index is 0.601. The summed E-state index contributed by atoms with van der Waals surface area (Å²) in [5, 5.41) is 6.65. The van der Waals surface area contributed by atoms with Crippen LogP contribution in [-0.4, -0.2) is 38.3 Å². The number of para-hydroxylation sites is 1. The lowest BCUT2D eigenvalue weighted by molar-refractivity contribution is 0.294. The van der Waals surface area contributed by atoms with Crippen molar-refractivity contribution in [3.8, 4) is 11.6 Å². The Kier molecular flexibility index (Phi) is 8.96. The monoisotopic (exact) mass is 370 g/mol. The van der Waals surface area contributed by atoms with Gasteiger partial charge in [0.2, 0.25) is 5.88 Å². The fourth-order valence-corrected chi connectivity index (χ4v) is 2.63. The molecule has 2 aromatic rings. The molecule has 0 aliphatic carbocycles. The van der Waals surface area contributed by atoms with Gasteiger partial charge in [0.1, 0.15) is 5.75 Å². The fourth-order valence-electron chi connectivity index (χ4n) is 2.63. The Hall–Kier alpha value is -2.76. The van der Waals surface area contributed by atoms with Gasteiger partial charge in [-0.25, -0.2) is 4.98 Å². The van der Waals surface area contributed by atoms with Crippen LogP contribution in [0, 0.1) is 0 Å². The average Bonchev–Trinajstić information content (AvgIpc) is 2.72. The lowest BCUT2D eigenvalue weighted by Crippen LogP contribution is -2.38. The van der Waals surface area contributed by atoms with Gasteiger partial charge in [0.05, 0.1) is 13.7 Å². The molecule has 2 N–H and O–H groups in total. The predicted octanol–water partition coefficient (Wildman–Crippen LogP) is 3.18. The van der Waals surface area contributed by atoms with E-state index < -0.39 is 0 Å². The molecule has 0 atom stereocenters. The first-order chi connectivity index (χ1) is 13.3. The van der Waals surface area contributed by atoms with Gasteiger partial charge in [0, 0.05) is 31.9 Å². The molecule has 0 aliphatic heterocycles. The van der Waals surface area contributed by atoms with Crippen LogP contribution in [0.25, 0.3) is 0 Å². The van der Waals surface area contributed by atoms with Gasteiger partial charge in [0.25, 0.3) is 0 Å². The average molecular weight is 370 g/mol. The SMILES string of the molecule is CCCCOc1ncccc1CNC(=NC)NCCc1ccccc1OC. The van der Waals surface area contributed by atoms with Crippen LogP contribution in [-0.2, 0) is 13.0 Å². The molecule has 1 heterocycles. The van der Waals surface area contributed by atoms with Crippen molar-refractivity contribution in [2.24, 2.45) is 4.99 Å². The summed E-state index contributed by atoms with van der Waals surface area (Å²) in [5.41, 5.74) is 2.18. The van der Waals surface area contributed by atoms with Crippen molar-refractivity contribution in [2.75, 3.05) is 27.3 Å². The molecular formula is C21H30N4O2.